The number of hydrogen-bond donors (Lipinski definition) is 2. The number of ether oxygens (including phenoxy) is 3. The number of rotatable bonds is 5. The SMILES string of the molecule is COc1cc(C(O)C(C(=O)O)C(C)C)cc2c1OCO2. The molecule has 20 heavy (non-hydrogen) atoms. The van der Waals surface area contributed by atoms with Gasteiger partial charge in [0.1, 0.15) is 0 Å². The normalized spacial score (nSPS) is 16.1. The number of carboxylic acid groups (broad SMARTS) is 1. The fourth-order valence-electron chi connectivity index (χ4n) is 2.31. The van der Waals surface area contributed by atoms with Crippen molar-refractivity contribution in [1.29, 1.82) is 0 Å². The number of hydrogen-bond acceptors (Lipinski definition) is 5. The van der Waals surface area contributed by atoms with Gasteiger partial charge in [-0.05, 0) is 23.6 Å². The molecule has 110 valence electrons. The molecule has 1 aliphatic heterocycles. The Bertz CT molecular complexity index is 511. The number of carbonyl (C=O) groups is 1. The lowest BCUT2D eigenvalue weighted by Crippen LogP contribution is -2.26. The molecule has 0 fully saturated rings. The fourth-order valence-corrected chi connectivity index (χ4v) is 2.31. The van der Waals surface area contributed by atoms with Gasteiger partial charge in [0.25, 0.3) is 0 Å². The molecule has 1 heterocycles. The van der Waals surface area contributed by atoms with Gasteiger partial charge in [-0.25, -0.2) is 0 Å². The van der Waals surface area contributed by atoms with Crippen LogP contribution in [0.25, 0.3) is 0 Å². The van der Waals surface area contributed by atoms with E-state index in [0.29, 0.717) is 22.8 Å². The van der Waals surface area contributed by atoms with Crippen molar-refractivity contribution in [3.8, 4) is 17.2 Å². The quantitative estimate of drug-likeness (QED) is 0.856. The molecule has 0 aromatic heterocycles. The number of aliphatic carboxylic acids is 1. The van der Waals surface area contributed by atoms with E-state index in [1.807, 2.05) is 0 Å². The summed E-state index contributed by atoms with van der Waals surface area (Å²) in [5.74, 6) is -0.809. The molecule has 1 aromatic carbocycles. The third kappa shape index (κ3) is 2.51. The van der Waals surface area contributed by atoms with E-state index in [0.717, 1.165) is 0 Å². The molecule has 1 aromatic rings. The van der Waals surface area contributed by atoms with Crippen LogP contribution >= 0.6 is 0 Å². The van der Waals surface area contributed by atoms with Gasteiger partial charge in [0.2, 0.25) is 12.5 Å². The number of aliphatic hydroxyl groups excluding tert-OH is 1. The maximum Gasteiger partial charge on any atom is 0.309 e. The fraction of sp³-hybridized carbons (Fsp3) is 0.500. The van der Waals surface area contributed by atoms with E-state index in [1.54, 1.807) is 26.0 Å². The van der Waals surface area contributed by atoms with Crippen LogP contribution in [0.15, 0.2) is 12.1 Å². The van der Waals surface area contributed by atoms with Crippen molar-refractivity contribution in [2.75, 3.05) is 13.9 Å². The van der Waals surface area contributed by atoms with E-state index in [9.17, 15) is 15.0 Å². The van der Waals surface area contributed by atoms with E-state index >= 15 is 0 Å². The molecular formula is C14H18O6. The topological polar surface area (TPSA) is 85.2 Å². The Labute approximate surface area is 116 Å². The largest absolute Gasteiger partial charge is 0.493 e. The highest BCUT2D eigenvalue weighted by molar-refractivity contribution is 5.71. The molecule has 0 spiro atoms. The number of methoxy groups -OCH3 is 1. The zero-order chi connectivity index (χ0) is 14.9. The standard InChI is InChI=1S/C14H18O6/c1-7(2)11(14(16)17)12(15)8-4-9(18-3)13-10(5-8)19-6-20-13/h4-5,7,11-12,15H,6H2,1-3H3,(H,16,17). The molecule has 0 radical (unpaired) electrons. The monoisotopic (exact) mass is 282 g/mol. The van der Waals surface area contributed by atoms with Crippen molar-refractivity contribution in [1.82, 2.24) is 0 Å². The van der Waals surface area contributed by atoms with Crippen LogP contribution in [-0.4, -0.2) is 30.1 Å². The average Bonchev–Trinajstić information content (AvgIpc) is 2.84. The predicted molar refractivity (Wildman–Crippen MR) is 70.0 cm³/mol. The summed E-state index contributed by atoms with van der Waals surface area (Å²) < 4.78 is 15.7. The van der Waals surface area contributed by atoms with Crippen molar-refractivity contribution in [3.05, 3.63) is 17.7 Å². The van der Waals surface area contributed by atoms with Gasteiger partial charge < -0.3 is 24.4 Å². The second-order valence-electron chi connectivity index (χ2n) is 5.01. The highest BCUT2D eigenvalue weighted by atomic mass is 16.7. The summed E-state index contributed by atoms with van der Waals surface area (Å²) in [5, 5.41) is 19.6. The lowest BCUT2D eigenvalue weighted by Gasteiger charge is -2.23. The summed E-state index contributed by atoms with van der Waals surface area (Å²) in [6.07, 6.45) is -1.14. The van der Waals surface area contributed by atoms with Gasteiger partial charge in [0.05, 0.1) is 19.1 Å². The van der Waals surface area contributed by atoms with Crippen LogP contribution in [0.2, 0.25) is 0 Å². The number of fused-ring (bicyclic) bond motifs is 1. The van der Waals surface area contributed by atoms with E-state index in [4.69, 9.17) is 14.2 Å². The lowest BCUT2D eigenvalue weighted by atomic mass is 9.86. The molecule has 0 saturated carbocycles. The minimum absolute atomic E-state index is 0.0811. The number of aliphatic hydroxyl groups is 1. The zero-order valence-corrected chi connectivity index (χ0v) is 11.6. The van der Waals surface area contributed by atoms with E-state index in [2.05, 4.69) is 0 Å². The van der Waals surface area contributed by atoms with E-state index < -0.39 is 18.0 Å². The van der Waals surface area contributed by atoms with Crippen molar-refractivity contribution >= 4 is 5.97 Å². The molecule has 6 nitrogen and oxygen atoms in total. The Balaban J connectivity index is 2.39. The molecule has 0 amide bonds. The summed E-state index contributed by atoms with van der Waals surface area (Å²) in [6, 6.07) is 3.17. The van der Waals surface area contributed by atoms with Gasteiger partial charge in [-0.3, -0.25) is 4.79 Å². The molecule has 1 aliphatic rings. The Morgan fingerprint density at radius 2 is 2.05 bits per heavy atom. The first kappa shape index (κ1) is 14.5. The van der Waals surface area contributed by atoms with Crippen LogP contribution in [0.4, 0.5) is 0 Å². The third-order valence-corrected chi connectivity index (χ3v) is 3.37. The van der Waals surface area contributed by atoms with Crippen LogP contribution in [0.1, 0.15) is 25.5 Å². The van der Waals surface area contributed by atoms with Gasteiger partial charge in [0.15, 0.2) is 11.5 Å². The summed E-state index contributed by atoms with van der Waals surface area (Å²) in [4.78, 5) is 11.3. The average molecular weight is 282 g/mol. The van der Waals surface area contributed by atoms with Gasteiger partial charge in [-0.15, -0.1) is 0 Å². The maximum atomic E-state index is 11.3. The summed E-state index contributed by atoms with van der Waals surface area (Å²) in [6.45, 7) is 3.59. The van der Waals surface area contributed by atoms with Gasteiger partial charge in [0, 0.05) is 0 Å². The van der Waals surface area contributed by atoms with Crippen molar-refractivity contribution in [3.63, 3.8) is 0 Å². The van der Waals surface area contributed by atoms with Gasteiger partial charge in [-0.2, -0.15) is 0 Å². The molecular weight excluding hydrogens is 264 g/mol. The maximum absolute atomic E-state index is 11.3. The third-order valence-electron chi connectivity index (χ3n) is 3.37. The van der Waals surface area contributed by atoms with Crippen molar-refractivity contribution < 1.29 is 29.2 Å². The zero-order valence-electron chi connectivity index (χ0n) is 11.6. The summed E-state index contributed by atoms with van der Waals surface area (Å²) >= 11 is 0. The first-order chi connectivity index (χ1) is 9.45. The van der Waals surface area contributed by atoms with Gasteiger partial charge in [-0.1, -0.05) is 13.8 Å². The second-order valence-corrected chi connectivity index (χ2v) is 5.01. The minimum atomic E-state index is -1.14. The molecule has 2 unspecified atom stereocenters. The Hall–Kier alpha value is -1.95. The molecule has 6 heteroatoms. The minimum Gasteiger partial charge on any atom is -0.493 e. The highest BCUT2D eigenvalue weighted by Gasteiger charge is 2.32. The smallest absolute Gasteiger partial charge is 0.309 e. The molecule has 0 aliphatic carbocycles. The first-order valence-corrected chi connectivity index (χ1v) is 6.34. The van der Waals surface area contributed by atoms with Gasteiger partial charge >= 0.3 is 5.97 Å². The molecule has 2 rings (SSSR count). The lowest BCUT2D eigenvalue weighted by molar-refractivity contribution is -0.148. The summed E-state index contributed by atoms with van der Waals surface area (Å²) in [5.41, 5.74) is 0.437. The Kier molecular flexibility index (Phi) is 4.04. The highest BCUT2D eigenvalue weighted by Crippen LogP contribution is 2.44. The van der Waals surface area contributed by atoms with Crippen molar-refractivity contribution in [2.45, 2.75) is 20.0 Å². The van der Waals surface area contributed by atoms with Crippen LogP contribution in [0, 0.1) is 11.8 Å². The molecule has 2 atom stereocenters. The Morgan fingerprint density at radius 1 is 1.35 bits per heavy atom. The predicted octanol–water partition coefficient (Wildman–Crippen LogP) is 1.81. The van der Waals surface area contributed by atoms with E-state index in [-0.39, 0.29) is 12.7 Å². The molecule has 2 N–H and O–H groups in total. The molecule has 0 saturated heterocycles. The van der Waals surface area contributed by atoms with Crippen LogP contribution in [0.3, 0.4) is 0 Å². The van der Waals surface area contributed by atoms with Crippen LogP contribution in [0.5, 0.6) is 17.2 Å². The van der Waals surface area contributed by atoms with Crippen LogP contribution < -0.4 is 14.2 Å². The second kappa shape index (κ2) is 5.58. The summed E-state index contributed by atoms with van der Waals surface area (Å²) in [7, 11) is 1.48. The Morgan fingerprint density at radius 3 is 2.60 bits per heavy atom. The molecule has 0 bridgehead atoms. The van der Waals surface area contributed by atoms with E-state index in [1.165, 1.54) is 7.11 Å². The van der Waals surface area contributed by atoms with Crippen molar-refractivity contribution in [2.24, 2.45) is 11.8 Å². The van der Waals surface area contributed by atoms with Crippen LogP contribution in [-0.2, 0) is 4.79 Å². The number of benzene rings is 1. The number of carboxylic acids is 1. The first-order valence-electron chi connectivity index (χ1n) is 6.34.